The average Bonchev–Trinajstić information content (AvgIpc) is 2.52. The molecule has 0 bridgehead atoms. The van der Waals surface area contributed by atoms with Crippen molar-refractivity contribution in [1.82, 2.24) is 0 Å². The molecule has 0 aliphatic rings. The summed E-state index contributed by atoms with van der Waals surface area (Å²) in [6.07, 6.45) is -1.94. The van der Waals surface area contributed by atoms with Crippen LogP contribution in [0.3, 0.4) is 0 Å². The zero-order valence-electron chi connectivity index (χ0n) is 12.4. The molecule has 0 aliphatic carbocycles. The highest BCUT2D eigenvalue weighted by atomic mass is 35.5. The van der Waals surface area contributed by atoms with Crippen molar-refractivity contribution < 1.29 is 18.7 Å². The number of methoxy groups -OCH3 is 1. The Morgan fingerprint density at radius 1 is 1.27 bits per heavy atom. The SMILES string of the molecule is CCOC(=O)C(F)[C@@H](N)c1c(OC)ccc2ccccc12.Cl. The van der Waals surface area contributed by atoms with Crippen LogP contribution in [0.4, 0.5) is 4.39 Å². The average molecular weight is 328 g/mol. The number of rotatable bonds is 5. The third-order valence-corrected chi connectivity index (χ3v) is 3.31. The van der Waals surface area contributed by atoms with Crippen LogP contribution >= 0.6 is 12.4 Å². The number of nitrogens with two attached hydrogens (primary N) is 1. The number of alkyl halides is 1. The number of carbonyl (C=O) groups is 1. The van der Waals surface area contributed by atoms with Gasteiger partial charge in [-0.1, -0.05) is 30.3 Å². The fourth-order valence-corrected chi connectivity index (χ4v) is 2.31. The quantitative estimate of drug-likeness (QED) is 0.857. The van der Waals surface area contributed by atoms with E-state index >= 15 is 0 Å². The van der Waals surface area contributed by atoms with Gasteiger partial charge in [-0.3, -0.25) is 0 Å². The molecule has 2 atom stereocenters. The molecule has 2 aromatic carbocycles. The van der Waals surface area contributed by atoms with Crippen molar-refractivity contribution in [1.29, 1.82) is 0 Å². The van der Waals surface area contributed by atoms with E-state index in [2.05, 4.69) is 0 Å². The summed E-state index contributed by atoms with van der Waals surface area (Å²) in [5, 5.41) is 1.66. The summed E-state index contributed by atoms with van der Waals surface area (Å²) in [4.78, 5) is 11.6. The molecule has 2 rings (SSSR count). The van der Waals surface area contributed by atoms with Crippen molar-refractivity contribution in [2.24, 2.45) is 5.73 Å². The van der Waals surface area contributed by atoms with Gasteiger partial charge in [0.15, 0.2) is 0 Å². The van der Waals surface area contributed by atoms with E-state index in [1.165, 1.54) is 7.11 Å². The molecule has 0 aromatic heterocycles. The van der Waals surface area contributed by atoms with Crippen molar-refractivity contribution >= 4 is 29.1 Å². The van der Waals surface area contributed by atoms with Crippen LogP contribution in [-0.2, 0) is 9.53 Å². The highest BCUT2D eigenvalue weighted by Crippen LogP contribution is 2.34. The van der Waals surface area contributed by atoms with Crippen LogP contribution in [-0.4, -0.2) is 25.9 Å². The second-order valence-electron chi connectivity index (χ2n) is 4.58. The Kier molecular flexibility index (Phi) is 6.59. The monoisotopic (exact) mass is 327 g/mol. The van der Waals surface area contributed by atoms with Gasteiger partial charge in [-0.05, 0) is 23.8 Å². The summed E-state index contributed by atoms with van der Waals surface area (Å²) in [6, 6.07) is 9.85. The van der Waals surface area contributed by atoms with E-state index in [4.69, 9.17) is 15.2 Å². The maximum absolute atomic E-state index is 14.3. The Labute approximate surface area is 134 Å². The van der Waals surface area contributed by atoms with Crippen LogP contribution in [0.25, 0.3) is 10.8 Å². The van der Waals surface area contributed by atoms with Gasteiger partial charge in [0.2, 0.25) is 6.17 Å². The minimum Gasteiger partial charge on any atom is -0.496 e. The number of hydrogen-bond acceptors (Lipinski definition) is 4. The zero-order chi connectivity index (χ0) is 15.4. The van der Waals surface area contributed by atoms with Gasteiger partial charge in [0.25, 0.3) is 0 Å². The summed E-state index contributed by atoms with van der Waals surface area (Å²) < 4.78 is 24.2. The largest absolute Gasteiger partial charge is 0.496 e. The summed E-state index contributed by atoms with van der Waals surface area (Å²) in [5.74, 6) is -0.506. The molecule has 0 heterocycles. The van der Waals surface area contributed by atoms with Crippen molar-refractivity contribution in [2.45, 2.75) is 19.1 Å². The van der Waals surface area contributed by atoms with Crippen LogP contribution in [0, 0.1) is 0 Å². The molecule has 6 heteroatoms. The molecule has 2 N–H and O–H groups in total. The first kappa shape index (κ1) is 18.2. The molecule has 120 valence electrons. The second kappa shape index (κ2) is 7.96. The lowest BCUT2D eigenvalue weighted by molar-refractivity contribution is -0.149. The van der Waals surface area contributed by atoms with Crippen LogP contribution < -0.4 is 10.5 Å². The first-order chi connectivity index (χ1) is 10.1. The van der Waals surface area contributed by atoms with Gasteiger partial charge < -0.3 is 15.2 Å². The van der Waals surface area contributed by atoms with Gasteiger partial charge in [-0.2, -0.15) is 0 Å². The van der Waals surface area contributed by atoms with Gasteiger partial charge in [-0.25, -0.2) is 9.18 Å². The zero-order valence-corrected chi connectivity index (χ0v) is 13.2. The molecule has 0 fully saturated rings. The predicted octanol–water partition coefficient (Wildman–Crippen LogP) is 3.17. The van der Waals surface area contributed by atoms with Crippen molar-refractivity contribution in [3.8, 4) is 5.75 Å². The maximum atomic E-state index is 14.3. The third kappa shape index (κ3) is 3.48. The fourth-order valence-electron chi connectivity index (χ4n) is 2.31. The molecule has 0 saturated carbocycles. The molecule has 0 radical (unpaired) electrons. The van der Waals surface area contributed by atoms with Crippen LogP contribution in [0.2, 0.25) is 0 Å². The molecule has 0 spiro atoms. The normalized spacial score (nSPS) is 13.1. The molecule has 0 amide bonds. The molecule has 4 nitrogen and oxygen atoms in total. The minimum atomic E-state index is -1.94. The van der Waals surface area contributed by atoms with Gasteiger partial charge in [0.1, 0.15) is 5.75 Å². The molecular formula is C16H19ClFNO3. The predicted molar refractivity (Wildman–Crippen MR) is 86.2 cm³/mol. The molecule has 1 unspecified atom stereocenters. The van der Waals surface area contributed by atoms with Crippen LogP contribution in [0.15, 0.2) is 36.4 Å². The summed E-state index contributed by atoms with van der Waals surface area (Å²) >= 11 is 0. The lowest BCUT2D eigenvalue weighted by Crippen LogP contribution is -2.32. The van der Waals surface area contributed by atoms with Gasteiger partial charge in [0, 0.05) is 5.56 Å². The Bertz CT molecular complexity index is 650. The van der Waals surface area contributed by atoms with Gasteiger partial charge in [0.05, 0.1) is 19.8 Å². The Morgan fingerprint density at radius 3 is 2.59 bits per heavy atom. The Morgan fingerprint density at radius 2 is 1.95 bits per heavy atom. The molecule has 22 heavy (non-hydrogen) atoms. The second-order valence-corrected chi connectivity index (χ2v) is 4.58. The number of benzene rings is 2. The number of carbonyl (C=O) groups excluding carboxylic acids is 1. The molecule has 0 aliphatic heterocycles. The number of fused-ring (bicyclic) bond motifs is 1. The number of esters is 1. The van der Waals surface area contributed by atoms with E-state index < -0.39 is 18.2 Å². The van der Waals surface area contributed by atoms with Gasteiger partial charge in [-0.15, -0.1) is 12.4 Å². The van der Waals surface area contributed by atoms with E-state index in [0.29, 0.717) is 11.3 Å². The van der Waals surface area contributed by atoms with E-state index in [-0.39, 0.29) is 19.0 Å². The van der Waals surface area contributed by atoms with Crippen molar-refractivity contribution in [3.05, 3.63) is 42.0 Å². The number of halogens is 2. The molecule has 2 aromatic rings. The lowest BCUT2D eigenvalue weighted by atomic mass is 9.95. The van der Waals surface area contributed by atoms with E-state index in [0.717, 1.165) is 10.8 Å². The lowest BCUT2D eigenvalue weighted by Gasteiger charge is -2.20. The van der Waals surface area contributed by atoms with Crippen LogP contribution in [0.1, 0.15) is 18.5 Å². The van der Waals surface area contributed by atoms with Gasteiger partial charge >= 0.3 is 5.97 Å². The van der Waals surface area contributed by atoms with Crippen molar-refractivity contribution in [2.75, 3.05) is 13.7 Å². The number of ether oxygens (including phenoxy) is 2. The topological polar surface area (TPSA) is 61.5 Å². The van der Waals surface area contributed by atoms with Crippen LogP contribution in [0.5, 0.6) is 5.75 Å². The highest BCUT2D eigenvalue weighted by molar-refractivity contribution is 5.89. The first-order valence-electron chi connectivity index (χ1n) is 6.72. The standard InChI is InChI=1S/C16H18FNO3.ClH/c1-3-21-16(19)14(17)15(18)13-11-7-5-4-6-10(11)8-9-12(13)20-2;/h4-9,14-15H,3,18H2,1-2H3;1H/t14?,15-;/m0./s1. The minimum absolute atomic E-state index is 0. The summed E-state index contributed by atoms with van der Waals surface area (Å²) in [7, 11) is 1.48. The van der Waals surface area contributed by atoms with E-state index in [1.807, 2.05) is 30.3 Å². The Balaban J connectivity index is 0.00000242. The third-order valence-electron chi connectivity index (χ3n) is 3.31. The summed E-state index contributed by atoms with van der Waals surface area (Å²) in [5.41, 5.74) is 6.43. The van der Waals surface area contributed by atoms with E-state index in [1.54, 1.807) is 13.0 Å². The first-order valence-corrected chi connectivity index (χ1v) is 6.72. The molecular weight excluding hydrogens is 309 g/mol. The van der Waals surface area contributed by atoms with E-state index in [9.17, 15) is 9.18 Å². The smallest absolute Gasteiger partial charge is 0.342 e. The fraction of sp³-hybridized carbons (Fsp3) is 0.312. The Hall–Kier alpha value is -1.85. The highest BCUT2D eigenvalue weighted by Gasteiger charge is 2.31. The summed E-state index contributed by atoms with van der Waals surface area (Å²) in [6.45, 7) is 1.73. The molecule has 0 saturated heterocycles. The number of hydrogen-bond donors (Lipinski definition) is 1. The van der Waals surface area contributed by atoms with Crippen molar-refractivity contribution in [3.63, 3.8) is 0 Å². The maximum Gasteiger partial charge on any atom is 0.342 e.